The molecule has 0 heterocycles. The molecule has 0 saturated carbocycles. The van der Waals surface area contributed by atoms with Crippen molar-refractivity contribution in [3.8, 4) is 0 Å². The van der Waals surface area contributed by atoms with E-state index in [2.05, 4.69) is 53.2 Å². The highest BCUT2D eigenvalue weighted by Gasteiger charge is 2.41. The van der Waals surface area contributed by atoms with Gasteiger partial charge in [0.15, 0.2) is 16.6 Å². The van der Waals surface area contributed by atoms with Crippen molar-refractivity contribution in [2.24, 2.45) is 0 Å². The van der Waals surface area contributed by atoms with Gasteiger partial charge in [-0.05, 0) is 49.7 Å². The molecule has 0 rings (SSSR count). The summed E-state index contributed by atoms with van der Waals surface area (Å²) < 4.78 is 12.7. The van der Waals surface area contributed by atoms with E-state index in [4.69, 9.17) is 8.23 Å². The Kier molecular flexibility index (Phi) is 6.30. The molecule has 0 bridgehead atoms. The summed E-state index contributed by atoms with van der Waals surface area (Å²) >= 11 is 0. The molecule has 0 atom stereocenters. The van der Waals surface area contributed by atoms with Crippen molar-refractivity contribution in [2.75, 3.05) is 0 Å². The first-order chi connectivity index (χ1) is 7.66. The van der Waals surface area contributed by atoms with Crippen molar-refractivity contribution in [3.63, 3.8) is 0 Å². The van der Waals surface area contributed by atoms with Crippen LogP contribution in [0.15, 0.2) is 24.6 Å². The minimum Gasteiger partial charge on any atom is -0.431 e. The van der Waals surface area contributed by atoms with E-state index in [0.29, 0.717) is 0 Å². The van der Waals surface area contributed by atoms with Crippen LogP contribution in [0.2, 0.25) is 38.3 Å². The summed E-state index contributed by atoms with van der Waals surface area (Å²) in [6.45, 7) is 21.1. The van der Waals surface area contributed by atoms with Gasteiger partial charge in [0.1, 0.15) is 0 Å². The second kappa shape index (κ2) is 6.29. The van der Waals surface area contributed by atoms with Crippen LogP contribution >= 0.6 is 0 Å². The topological polar surface area (TPSA) is 18.5 Å². The van der Waals surface area contributed by atoms with Crippen molar-refractivity contribution in [1.82, 2.24) is 0 Å². The smallest absolute Gasteiger partial charge is 0.370 e. The van der Waals surface area contributed by atoms with Crippen molar-refractivity contribution >= 4 is 25.2 Å². The highest BCUT2D eigenvalue weighted by atomic mass is 28.5. The van der Waals surface area contributed by atoms with E-state index in [1.807, 2.05) is 11.4 Å². The Morgan fingerprint density at radius 3 is 1.29 bits per heavy atom. The predicted molar refractivity (Wildman–Crippen MR) is 84.2 cm³/mol. The van der Waals surface area contributed by atoms with Gasteiger partial charge in [-0.1, -0.05) is 13.8 Å². The van der Waals surface area contributed by atoms with Crippen LogP contribution in [0.3, 0.4) is 0 Å². The number of hydrogen-bond donors (Lipinski definition) is 0. The highest BCUT2D eigenvalue weighted by molar-refractivity contribution is 6.93. The zero-order chi connectivity index (χ0) is 13.7. The Bertz CT molecular complexity index is 247. The second-order valence-corrected chi connectivity index (χ2v) is 17.9. The molecule has 0 aliphatic heterocycles. The van der Waals surface area contributed by atoms with Gasteiger partial charge in [0.2, 0.25) is 0 Å². The van der Waals surface area contributed by atoms with Crippen LogP contribution in [-0.4, -0.2) is 25.2 Å². The lowest BCUT2D eigenvalue weighted by Crippen LogP contribution is -2.53. The third-order valence-electron chi connectivity index (χ3n) is 3.14. The lowest BCUT2D eigenvalue weighted by molar-refractivity contribution is 0.404. The van der Waals surface area contributed by atoms with E-state index in [0.717, 1.165) is 12.1 Å². The molecule has 0 aromatic carbocycles. The monoisotopic (exact) mass is 288 g/mol. The average molecular weight is 289 g/mol. The molecule has 0 amide bonds. The van der Waals surface area contributed by atoms with Crippen molar-refractivity contribution in [3.05, 3.63) is 24.6 Å². The maximum Gasteiger partial charge on any atom is 0.370 e. The van der Waals surface area contributed by atoms with Gasteiger partial charge in [0.05, 0.1) is 0 Å². The fourth-order valence-electron chi connectivity index (χ4n) is 1.28. The fraction of sp³-hybridized carbons (Fsp3) is 0.667. The normalized spacial score (nSPS) is 13.5. The summed E-state index contributed by atoms with van der Waals surface area (Å²) in [4.78, 5) is 0. The number of hydrogen-bond acceptors (Lipinski definition) is 2. The van der Waals surface area contributed by atoms with Crippen LogP contribution in [0.1, 0.15) is 13.8 Å². The van der Waals surface area contributed by atoms with E-state index in [9.17, 15) is 0 Å². The Morgan fingerprint density at radius 1 is 0.824 bits per heavy atom. The van der Waals surface area contributed by atoms with Gasteiger partial charge in [-0.15, -0.1) is 13.2 Å². The summed E-state index contributed by atoms with van der Waals surface area (Å²) in [5, 5.41) is 0. The van der Waals surface area contributed by atoms with Crippen LogP contribution in [0, 0.1) is 0 Å². The quantitative estimate of drug-likeness (QED) is 0.618. The first-order valence-corrected chi connectivity index (χ1v) is 14.5. The summed E-state index contributed by atoms with van der Waals surface area (Å²) in [7, 11) is -5.71. The van der Waals surface area contributed by atoms with Gasteiger partial charge in [0, 0.05) is 0 Å². The number of rotatable bonds is 8. The second-order valence-electron chi connectivity index (χ2n) is 5.56. The van der Waals surface area contributed by atoms with E-state index in [1.165, 1.54) is 0 Å². The summed E-state index contributed by atoms with van der Waals surface area (Å²) in [6, 6.07) is 2.17. The van der Waals surface area contributed by atoms with Crippen LogP contribution in [0.25, 0.3) is 0 Å². The Balaban J connectivity index is 5.04. The Labute approximate surface area is 110 Å². The van der Waals surface area contributed by atoms with Crippen LogP contribution < -0.4 is 0 Å². The van der Waals surface area contributed by atoms with Gasteiger partial charge >= 0.3 is 8.56 Å². The molecule has 5 heteroatoms. The van der Waals surface area contributed by atoms with E-state index >= 15 is 0 Å². The van der Waals surface area contributed by atoms with Crippen molar-refractivity contribution in [1.29, 1.82) is 0 Å². The van der Waals surface area contributed by atoms with E-state index < -0.39 is 25.2 Å². The first-order valence-electron chi connectivity index (χ1n) is 6.33. The molecule has 0 aromatic heterocycles. The van der Waals surface area contributed by atoms with Crippen molar-refractivity contribution < 1.29 is 8.23 Å². The molecule has 0 N–H and O–H groups in total. The molecule has 100 valence electrons. The van der Waals surface area contributed by atoms with Gasteiger partial charge in [-0.25, -0.2) is 0 Å². The molecule has 17 heavy (non-hydrogen) atoms. The lowest BCUT2D eigenvalue weighted by atomic mass is 11.0. The maximum atomic E-state index is 6.36. The molecule has 0 radical (unpaired) electrons. The largest absolute Gasteiger partial charge is 0.431 e. The predicted octanol–water partition coefficient (Wildman–Crippen LogP) is 4.36. The van der Waals surface area contributed by atoms with Crippen LogP contribution in [-0.2, 0) is 8.23 Å². The van der Waals surface area contributed by atoms with Gasteiger partial charge in [-0.3, -0.25) is 0 Å². The van der Waals surface area contributed by atoms with Crippen LogP contribution in [0.5, 0.6) is 0 Å². The first kappa shape index (κ1) is 17.1. The zero-order valence-electron chi connectivity index (χ0n) is 12.3. The summed E-state index contributed by atoms with van der Waals surface area (Å²) in [5.74, 6) is 0. The zero-order valence-corrected chi connectivity index (χ0v) is 15.3. The standard InChI is InChI=1S/C12H28O2Si3/c1-9-15(5,6)13-17(11-3,12-4)14-16(7,8)10-2/h11-12H,3-4,9-10H2,1-2,5-8H3. The third kappa shape index (κ3) is 5.48. The molecular formula is C12H28O2Si3. The minimum atomic E-state index is -2.40. The maximum absolute atomic E-state index is 6.36. The SMILES string of the molecule is C=C[Si](C=C)(O[Si](C)(C)CC)O[Si](C)(C)CC. The minimum absolute atomic E-state index is 1.08. The lowest BCUT2D eigenvalue weighted by Gasteiger charge is -2.38. The van der Waals surface area contributed by atoms with Gasteiger partial charge in [0.25, 0.3) is 0 Å². The van der Waals surface area contributed by atoms with E-state index in [1.54, 1.807) is 0 Å². The van der Waals surface area contributed by atoms with Gasteiger partial charge in [-0.2, -0.15) is 0 Å². The summed E-state index contributed by atoms with van der Waals surface area (Å²) in [6.07, 6.45) is 0. The molecule has 2 nitrogen and oxygen atoms in total. The molecule has 0 unspecified atom stereocenters. The Morgan fingerprint density at radius 2 is 1.12 bits per heavy atom. The molecule has 0 fully saturated rings. The molecule has 0 aliphatic carbocycles. The molecular weight excluding hydrogens is 260 g/mol. The molecule has 0 spiro atoms. The van der Waals surface area contributed by atoms with E-state index in [-0.39, 0.29) is 0 Å². The fourth-order valence-corrected chi connectivity index (χ4v) is 11.4. The highest BCUT2D eigenvalue weighted by Crippen LogP contribution is 2.25. The van der Waals surface area contributed by atoms with Crippen molar-refractivity contribution in [2.45, 2.75) is 52.1 Å². The molecule has 0 aromatic rings. The third-order valence-corrected chi connectivity index (χ3v) is 14.7. The van der Waals surface area contributed by atoms with Gasteiger partial charge < -0.3 is 8.23 Å². The molecule has 0 aliphatic rings. The average Bonchev–Trinajstić information content (AvgIpc) is 2.27. The summed E-state index contributed by atoms with van der Waals surface area (Å²) in [5.41, 5.74) is 3.77. The van der Waals surface area contributed by atoms with Crippen LogP contribution in [0.4, 0.5) is 0 Å². The molecule has 0 saturated heterocycles. The Hall–Kier alpha value is 0.0506.